The van der Waals surface area contributed by atoms with Crippen LogP contribution < -0.4 is 0 Å². The quantitative estimate of drug-likeness (QED) is 0.454. The Kier molecular flexibility index (Phi) is 4.03. The molecule has 1 atom stereocenters. The van der Waals surface area contributed by atoms with Gasteiger partial charge in [0.1, 0.15) is 4.88 Å². The van der Waals surface area contributed by atoms with E-state index in [0.29, 0.717) is 27.9 Å². The zero-order chi connectivity index (χ0) is 16.7. The maximum atomic E-state index is 6.45. The van der Waals surface area contributed by atoms with Gasteiger partial charge >= 0.3 is 0 Å². The standard InChI is InChI=1S/C15H11ClN4O2S2/c1-7(13-17-8(2)20-22-13)23-15-19-18-14(21-15)12-11(16)9-5-3-4-6-10(9)24-12/h3-7H,1-2H3/t7-/m0/s1. The summed E-state index contributed by atoms with van der Waals surface area (Å²) in [7, 11) is 0. The lowest BCUT2D eigenvalue weighted by Crippen LogP contribution is -1.88. The van der Waals surface area contributed by atoms with Crippen LogP contribution in [0.3, 0.4) is 0 Å². The van der Waals surface area contributed by atoms with Crippen LogP contribution in [0, 0.1) is 6.92 Å². The highest BCUT2D eigenvalue weighted by Crippen LogP contribution is 2.42. The molecule has 0 N–H and O–H groups in total. The van der Waals surface area contributed by atoms with Crippen molar-refractivity contribution in [2.24, 2.45) is 0 Å². The van der Waals surface area contributed by atoms with Crippen molar-refractivity contribution >= 4 is 44.8 Å². The first-order valence-corrected chi connectivity index (χ1v) is 9.17. The first-order chi connectivity index (χ1) is 11.6. The van der Waals surface area contributed by atoms with Crippen molar-refractivity contribution in [3.63, 3.8) is 0 Å². The molecule has 0 aliphatic carbocycles. The van der Waals surface area contributed by atoms with Gasteiger partial charge in [0.05, 0.1) is 10.3 Å². The molecule has 0 bridgehead atoms. The minimum atomic E-state index is -0.0858. The Balaban J connectivity index is 1.61. The van der Waals surface area contributed by atoms with Gasteiger partial charge in [0.2, 0.25) is 5.89 Å². The molecule has 3 aromatic heterocycles. The second-order valence-corrected chi connectivity index (χ2v) is 7.78. The average molecular weight is 379 g/mol. The molecule has 0 aliphatic heterocycles. The SMILES string of the molecule is Cc1noc([C@H](C)Sc2nnc(-c3sc4ccccc4c3Cl)o2)n1. The minimum absolute atomic E-state index is 0.0858. The molecule has 0 aliphatic rings. The molecular formula is C15H11ClN4O2S2. The monoisotopic (exact) mass is 378 g/mol. The van der Waals surface area contributed by atoms with Gasteiger partial charge in [-0.25, -0.2) is 0 Å². The van der Waals surface area contributed by atoms with Crippen molar-refractivity contribution in [3.8, 4) is 10.8 Å². The van der Waals surface area contributed by atoms with Gasteiger partial charge in [-0.05, 0) is 19.9 Å². The Labute approximate surface area is 150 Å². The maximum absolute atomic E-state index is 6.45. The molecule has 0 amide bonds. The largest absolute Gasteiger partial charge is 0.410 e. The predicted octanol–water partition coefficient (Wildman–Crippen LogP) is 5.15. The lowest BCUT2D eigenvalue weighted by atomic mass is 10.2. The van der Waals surface area contributed by atoms with Crippen molar-refractivity contribution in [3.05, 3.63) is 41.0 Å². The zero-order valence-electron chi connectivity index (χ0n) is 12.7. The highest BCUT2D eigenvalue weighted by atomic mass is 35.5. The normalized spacial score (nSPS) is 12.8. The van der Waals surface area contributed by atoms with Crippen molar-refractivity contribution < 1.29 is 8.94 Å². The third-order valence-electron chi connectivity index (χ3n) is 3.30. The average Bonchev–Trinajstić information content (AvgIpc) is 3.27. The Hall–Kier alpha value is -1.90. The molecule has 0 radical (unpaired) electrons. The molecule has 3 heterocycles. The van der Waals surface area contributed by atoms with E-state index in [1.54, 1.807) is 6.92 Å². The zero-order valence-corrected chi connectivity index (χ0v) is 15.1. The number of fused-ring (bicyclic) bond motifs is 1. The van der Waals surface area contributed by atoms with Crippen LogP contribution >= 0.6 is 34.7 Å². The van der Waals surface area contributed by atoms with Gasteiger partial charge in [0.15, 0.2) is 5.82 Å². The number of aryl methyl sites for hydroxylation is 1. The second-order valence-electron chi connectivity index (χ2n) is 5.05. The molecule has 0 fully saturated rings. The first kappa shape index (κ1) is 15.6. The molecule has 122 valence electrons. The maximum Gasteiger partial charge on any atom is 0.277 e. The Morgan fingerprint density at radius 1 is 1.25 bits per heavy atom. The number of aromatic nitrogens is 4. The number of hydrogen-bond donors (Lipinski definition) is 0. The minimum Gasteiger partial charge on any atom is -0.410 e. The molecule has 24 heavy (non-hydrogen) atoms. The third-order valence-corrected chi connectivity index (χ3v) is 5.89. The number of nitrogens with zero attached hydrogens (tertiary/aromatic N) is 4. The lowest BCUT2D eigenvalue weighted by molar-refractivity contribution is 0.375. The number of thiophene rings is 1. The van der Waals surface area contributed by atoms with E-state index in [1.807, 2.05) is 31.2 Å². The molecule has 0 spiro atoms. The van der Waals surface area contributed by atoms with Crippen molar-refractivity contribution in [2.75, 3.05) is 0 Å². The molecule has 0 saturated carbocycles. The summed E-state index contributed by atoms with van der Waals surface area (Å²) in [5.74, 6) is 1.54. The van der Waals surface area contributed by atoms with Gasteiger partial charge in [0.25, 0.3) is 11.1 Å². The predicted molar refractivity (Wildman–Crippen MR) is 93.4 cm³/mol. The van der Waals surface area contributed by atoms with E-state index in [1.165, 1.54) is 23.1 Å². The van der Waals surface area contributed by atoms with Gasteiger partial charge in [-0.3, -0.25) is 0 Å². The van der Waals surface area contributed by atoms with E-state index < -0.39 is 0 Å². The van der Waals surface area contributed by atoms with Crippen LogP contribution in [0.25, 0.3) is 20.9 Å². The van der Waals surface area contributed by atoms with Crippen LogP contribution in [0.2, 0.25) is 5.02 Å². The molecule has 6 nitrogen and oxygen atoms in total. The van der Waals surface area contributed by atoms with Gasteiger partial charge in [-0.1, -0.05) is 46.7 Å². The van der Waals surface area contributed by atoms with Gasteiger partial charge < -0.3 is 8.94 Å². The fourth-order valence-corrected chi connectivity index (χ4v) is 4.33. The number of hydrogen-bond acceptors (Lipinski definition) is 8. The molecule has 0 unspecified atom stereocenters. The van der Waals surface area contributed by atoms with Crippen molar-refractivity contribution in [1.29, 1.82) is 0 Å². The summed E-state index contributed by atoms with van der Waals surface area (Å²) in [4.78, 5) is 4.98. The lowest BCUT2D eigenvalue weighted by Gasteiger charge is -2.00. The summed E-state index contributed by atoms with van der Waals surface area (Å²) in [6, 6.07) is 7.92. The van der Waals surface area contributed by atoms with E-state index in [0.717, 1.165) is 15.0 Å². The number of rotatable bonds is 4. The molecule has 9 heteroatoms. The van der Waals surface area contributed by atoms with Crippen molar-refractivity contribution in [2.45, 2.75) is 24.3 Å². The summed E-state index contributed by atoms with van der Waals surface area (Å²) in [5.41, 5.74) is 0. The van der Waals surface area contributed by atoms with Crippen molar-refractivity contribution in [1.82, 2.24) is 20.3 Å². The van der Waals surface area contributed by atoms with Crippen LogP contribution in [-0.2, 0) is 0 Å². The molecule has 4 aromatic rings. The van der Waals surface area contributed by atoms with E-state index in [2.05, 4.69) is 20.3 Å². The topological polar surface area (TPSA) is 77.8 Å². The smallest absolute Gasteiger partial charge is 0.277 e. The fourth-order valence-electron chi connectivity index (χ4n) is 2.18. The van der Waals surface area contributed by atoms with Crippen LogP contribution in [0.15, 0.2) is 38.4 Å². The number of benzene rings is 1. The molecule has 1 aromatic carbocycles. The van der Waals surface area contributed by atoms with E-state index in [4.69, 9.17) is 20.5 Å². The second kappa shape index (κ2) is 6.19. The van der Waals surface area contributed by atoms with Crippen LogP contribution in [-0.4, -0.2) is 20.3 Å². The van der Waals surface area contributed by atoms with Gasteiger partial charge in [-0.15, -0.1) is 21.5 Å². The Bertz CT molecular complexity index is 1010. The van der Waals surface area contributed by atoms with Gasteiger partial charge in [-0.2, -0.15) is 4.98 Å². The third kappa shape index (κ3) is 2.81. The highest BCUT2D eigenvalue weighted by molar-refractivity contribution is 7.99. The first-order valence-electron chi connectivity index (χ1n) is 7.09. The van der Waals surface area contributed by atoms with Crippen LogP contribution in [0.1, 0.15) is 23.9 Å². The van der Waals surface area contributed by atoms with Crippen LogP contribution in [0.4, 0.5) is 0 Å². The summed E-state index contributed by atoms with van der Waals surface area (Å²) in [6.45, 7) is 3.71. The molecule has 4 rings (SSSR count). The van der Waals surface area contributed by atoms with Gasteiger partial charge in [0, 0.05) is 10.1 Å². The summed E-state index contributed by atoms with van der Waals surface area (Å²) < 4.78 is 12.0. The van der Waals surface area contributed by atoms with E-state index >= 15 is 0 Å². The highest BCUT2D eigenvalue weighted by Gasteiger charge is 2.21. The number of thioether (sulfide) groups is 1. The Morgan fingerprint density at radius 3 is 2.83 bits per heavy atom. The van der Waals surface area contributed by atoms with E-state index in [-0.39, 0.29) is 5.25 Å². The summed E-state index contributed by atoms with van der Waals surface area (Å²) >= 11 is 9.34. The summed E-state index contributed by atoms with van der Waals surface area (Å²) in [5, 5.41) is 14.0. The molecule has 0 saturated heterocycles. The summed E-state index contributed by atoms with van der Waals surface area (Å²) in [6.07, 6.45) is 0. The fraction of sp³-hybridized carbons (Fsp3) is 0.200. The Morgan fingerprint density at radius 2 is 2.08 bits per heavy atom. The van der Waals surface area contributed by atoms with E-state index in [9.17, 15) is 0 Å². The number of halogens is 1. The van der Waals surface area contributed by atoms with Crippen LogP contribution in [0.5, 0.6) is 0 Å². The molecular weight excluding hydrogens is 368 g/mol.